The second-order valence-corrected chi connectivity index (χ2v) is 6.04. The van der Waals surface area contributed by atoms with Gasteiger partial charge in [0.05, 0.1) is 5.41 Å². The van der Waals surface area contributed by atoms with Crippen LogP contribution in [0, 0.1) is 5.41 Å². The lowest BCUT2D eigenvalue weighted by atomic mass is 9.81. The van der Waals surface area contributed by atoms with Gasteiger partial charge in [0, 0.05) is 25.0 Å². The van der Waals surface area contributed by atoms with Crippen molar-refractivity contribution in [3.05, 3.63) is 0 Å². The van der Waals surface area contributed by atoms with E-state index in [1.165, 1.54) is 0 Å². The highest BCUT2D eigenvalue weighted by molar-refractivity contribution is 5.89. The number of hydrogen-bond donors (Lipinski definition) is 3. The summed E-state index contributed by atoms with van der Waals surface area (Å²) in [6, 6.07) is 0.309. The van der Waals surface area contributed by atoms with E-state index in [1.54, 1.807) is 0 Å². The van der Waals surface area contributed by atoms with Crippen LogP contribution < -0.4 is 16.0 Å². The van der Waals surface area contributed by atoms with Crippen molar-refractivity contribution in [2.24, 2.45) is 5.41 Å². The summed E-state index contributed by atoms with van der Waals surface area (Å²) < 4.78 is 0. The molecule has 1 heterocycles. The fourth-order valence-electron chi connectivity index (χ4n) is 2.38. The third-order valence-electron chi connectivity index (χ3n) is 4.23. The van der Waals surface area contributed by atoms with Gasteiger partial charge < -0.3 is 16.0 Å². The fourth-order valence-corrected chi connectivity index (χ4v) is 2.38. The largest absolute Gasteiger partial charge is 0.354 e. The normalized spacial score (nSPS) is 25.0. The predicted octanol–water partition coefficient (Wildman–Crippen LogP) is 1.19. The molecule has 1 rings (SSSR count). The molecule has 0 spiro atoms. The molecule has 3 N–H and O–H groups in total. The zero-order valence-electron chi connectivity index (χ0n) is 13.2. The lowest BCUT2D eigenvalue weighted by Crippen LogP contribution is -2.48. The Morgan fingerprint density at radius 1 is 1.15 bits per heavy atom. The molecule has 20 heavy (non-hydrogen) atoms. The molecule has 0 aromatic carbocycles. The summed E-state index contributed by atoms with van der Waals surface area (Å²) >= 11 is 0. The molecular formula is C15H29N3O2. The van der Waals surface area contributed by atoms with Crippen LogP contribution in [0.5, 0.6) is 0 Å². The quantitative estimate of drug-likeness (QED) is 0.657. The molecule has 0 aliphatic carbocycles. The molecule has 3 unspecified atom stereocenters. The molecule has 1 fully saturated rings. The molecule has 2 amide bonds. The smallest absolute Gasteiger partial charge is 0.228 e. The molecule has 0 aromatic rings. The van der Waals surface area contributed by atoms with Crippen LogP contribution in [0.3, 0.4) is 0 Å². The molecule has 0 radical (unpaired) electrons. The van der Waals surface area contributed by atoms with Crippen molar-refractivity contribution in [2.45, 2.75) is 65.5 Å². The summed E-state index contributed by atoms with van der Waals surface area (Å²) in [6.07, 6.45) is 2.79. The molecule has 0 saturated carbocycles. The van der Waals surface area contributed by atoms with E-state index in [1.807, 2.05) is 27.7 Å². The minimum absolute atomic E-state index is 0.0103. The predicted molar refractivity (Wildman–Crippen MR) is 80.3 cm³/mol. The van der Waals surface area contributed by atoms with E-state index >= 15 is 0 Å². The minimum atomic E-state index is -0.582. The van der Waals surface area contributed by atoms with Crippen molar-refractivity contribution in [3.63, 3.8) is 0 Å². The van der Waals surface area contributed by atoms with E-state index in [2.05, 4.69) is 16.0 Å². The zero-order valence-corrected chi connectivity index (χ0v) is 13.2. The Kier molecular flexibility index (Phi) is 6.46. The van der Waals surface area contributed by atoms with E-state index in [0.717, 1.165) is 25.8 Å². The van der Waals surface area contributed by atoms with Crippen LogP contribution >= 0.6 is 0 Å². The number of amides is 2. The maximum absolute atomic E-state index is 12.5. The standard InChI is InChI=1S/C15H29N3O2/c1-5-11(3)17-13(19)9-15(7-8-16-10-15)14(20)18-12(4)6-2/h11-12,16H,5-10H2,1-4H3,(H,17,19)(H,18,20). The van der Waals surface area contributed by atoms with Gasteiger partial charge in [-0.1, -0.05) is 13.8 Å². The molecule has 3 atom stereocenters. The van der Waals surface area contributed by atoms with Gasteiger partial charge in [0.2, 0.25) is 11.8 Å². The van der Waals surface area contributed by atoms with Crippen molar-refractivity contribution in [2.75, 3.05) is 13.1 Å². The van der Waals surface area contributed by atoms with Gasteiger partial charge in [0.1, 0.15) is 0 Å². The summed E-state index contributed by atoms with van der Waals surface area (Å²) in [7, 11) is 0. The third-order valence-corrected chi connectivity index (χ3v) is 4.23. The molecule has 5 nitrogen and oxygen atoms in total. The van der Waals surface area contributed by atoms with Crippen LogP contribution in [0.2, 0.25) is 0 Å². The Bertz CT molecular complexity index is 338. The highest BCUT2D eigenvalue weighted by atomic mass is 16.2. The van der Waals surface area contributed by atoms with E-state index in [0.29, 0.717) is 6.54 Å². The number of hydrogen-bond acceptors (Lipinski definition) is 3. The van der Waals surface area contributed by atoms with E-state index < -0.39 is 5.41 Å². The minimum Gasteiger partial charge on any atom is -0.354 e. The number of nitrogens with one attached hydrogen (secondary N) is 3. The Morgan fingerprint density at radius 2 is 1.75 bits per heavy atom. The van der Waals surface area contributed by atoms with Crippen LogP contribution in [-0.2, 0) is 9.59 Å². The third kappa shape index (κ3) is 4.47. The number of carbonyl (C=O) groups is 2. The van der Waals surface area contributed by atoms with Gasteiger partial charge in [-0.3, -0.25) is 9.59 Å². The number of carbonyl (C=O) groups excluding carboxylic acids is 2. The van der Waals surface area contributed by atoms with Crippen molar-refractivity contribution in [3.8, 4) is 0 Å². The van der Waals surface area contributed by atoms with Gasteiger partial charge in [-0.15, -0.1) is 0 Å². The molecule has 1 saturated heterocycles. The first-order valence-electron chi connectivity index (χ1n) is 7.74. The summed E-state index contributed by atoms with van der Waals surface area (Å²) in [5, 5.41) is 9.20. The molecule has 0 aromatic heterocycles. The van der Waals surface area contributed by atoms with Gasteiger partial charge in [-0.2, -0.15) is 0 Å². The van der Waals surface area contributed by atoms with Gasteiger partial charge in [-0.25, -0.2) is 0 Å². The lowest BCUT2D eigenvalue weighted by molar-refractivity contribution is -0.136. The molecular weight excluding hydrogens is 254 g/mol. The van der Waals surface area contributed by atoms with E-state index in [9.17, 15) is 9.59 Å². The molecule has 116 valence electrons. The van der Waals surface area contributed by atoms with Crippen molar-refractivity contribution < 1.29 is 9.59 Å². The summed E-state index contributed by atoms with van der Waals surface area (Å²) in [4.78, 5) is 24.6. The van der Waals surface area contributed by atoms with Crippen LogP contribution in [0.25, 0.3) is 0 Å². The second-order valence-electron chi connectivity index (χ2n) is 6.04. The first-order chi connectivity index (χ1) is 9.43. The van der Waals surface area contributed by atoms with E-state index in [4.69, 9.17) is 0 Å². The van der Waals surface area contributed by atoms with Gasteiger partial charge >= 0.3 is 0 Å². The Balaban J connectivity index is 2.67. The Hall–Kier alpha value is -1.10. The average molecular weight is 283 g/mol. The average Bonchev–Trinajstić information content (AvgIpc) is 2.87. The van der Waals surface area contributed by atoms with E-state index in [-0.39, 0.29) is 30.3 Å². The highest BCUT2D eigenvalue weighted by Gasteiger charge is 2.43. The fraction of sp³-hybridized carbons (Fsp3) is 0.867. The van der Waals surface area contributed by atoms with Crippen LogP contribution in [-0.4, -0.2) is 37.0 Å². The molecule has 1 aliphatic heterocycles. The number of rotatable bonds is 7. The first kappa shape index (κ1) is 17.0. The molecule has 0 bridgehead atoms. The second kappa shape index (κ2) is 7.62. The summed E-state index contributed by atoms with van der Waals surface area (Å²) in [5.41, 5.74) is -0.582. The van der Waals surface area contributed by atoms with Crippen molar-refractivity contribution in [1.82, 2.24) is 16.0 Å². The van der Waals surface area contributed by atoms with Gasteiger partial charge in [0.15, 0.2) is 0 Å². The topological polar surface area (TPSA) is 70.2 Å². The van der Waals surface area contributed by atoms with Crippen LogP contribution in [0.4, 0.5) is 0 Å². The van der Waals surface area contributed by atoms with Gasteiger partial charge in [0.25, 0.3) is 0 Å². The SMILES string of the molecule is CCC(C)NC(=O)CC1(C(=O)NC(C)CC)CCNC1. The molecule has 1 aliphatic rings. The maximum Gasteiger partial charge on any atom is 0.228 e. The Labute approximate surface area is 122 Å². The summed E-state index contributed by atoms with van der Waals surface area (Å²) in [6.45, 7) is 9.44. The highest BCUT2D eigenvalue weighted by Crippen LogP contribution is 2.30. The van der Waals surface area contributed by atoms with Crippen molar-refractivity contribution >= 4 is 11.8 Å². The van der Waals surface area contributed by atoms with Gasteiger partial charge in [-0.05, 0) is 39.7 Å². The van der Waals surface area contributed by atoms with Crippen molar-refractivity contribution in [1.29, 1.82) is 0 Å². The molecule has 5 heteroatoms. The Morgan fingerprint density at radius 3 is 2.25 bits per heavy atom. The lowest BCUT2D eigenvalue weighted by Gasteiger charge is -2.28. The zero-order chi connectivity index (χ0) is 15.2. The monoisotopic (exact) mass is 283 g/mol. The van der Waals surface area contributed by atoms with Crippen LogP contribution in [0.1, 0.15) is 53.4 Å². The summed E-state index contributed by atoms with van der Waals surface area (Å²) in [5.74, 6) is -0.0153. The first-order valence-corrected chi connectivity index (χ1v) is 7.74. The van der Waals surface area contributed by atoms with Crippen LogP contribution in [0.15, 0.2) is 0 Å². The maximum atomic E-state index is 12.5.